The number of benzene rings is 2. The van der Waals surface area contributed by atoms with E-state index in [1.54, 1.807) is 0 Å². The first-order chi connectivity index (χ1) is 9.08. The van der Waals surface area contributed by atoms with Gasteiger partial charge in [-0.1, -0.05) is 57.4 Å². The lowest BCUT2D eigenvalue weighted by Crippen LogP contribution is -2.29. The summed E-state index contributed by atoms with van der Waals surface area (Å²) >= 11 is 3.45. The number of nitrogens with one attached hydrogen (secondary N) is 1. The Balaban J connectivity index is 2.21. The zero-order chi connectivity index (χ0) is 13.8. The molecule has 0 fully saturated rings. The maximum absolute atomic E-state index is 5.71. The third-order valence-electron chi connectivity index (χ3n) is 3.19. The van der Waals surface area contributed by atoms with Gasteiger partial charge in [-0.3, -0.25) is 11.3 Å². The summed E-state index contributed by atoms with van der Waals surface area (Å²) in [5.74, 6) is 5.71. The van der Waals surface area contributed by atoms with E-state index in [2.05, 4.69) is 65.5 Å². The van der Waals surface area contributed by atoms with Gasteiger partial charge in [0.1, 0.15) is 0 Å². The van der Waals surface area contributed by atoms with Gasteiger partial charge in [-0.25, -0.2) is 0 Å². The molecule has 2 aromatic rings. The second kappa shape index (κ2) is 6.33. The zero-order valence-corrected chi connectivity index (χ0v) is 12.9. The Kier molecular flexibility index (Phi) is 4.75. The fourth-order valence-electron chi connectivity index (χ4n) is 2.39. The molecule has 0 spiro atoms. The van der Waals surface area contributed by atoms with Gasteiger partial charge < -0.3 is 0 Å². The minimum Gasteiger partial charge on any atom is -0.271 e. The number of nitrogens with two attached hydrogens (primary N) is 1. The highest BCUT2D eigenvalue weighted by molar-refractivity contribution is 9.10. The van der Waals surface area contributed by atoms with E-state index in [1.165, 1.54) is 22.3 Å². The van der Waals surface area contributed by atoms with Crippen LogP contribution in [0, 0.1) is 13.8 Å². The van der Waals surface area contributed by atoms with E-state index in [4.69, 9.17) is 5.84 Å². The summed E-state index contributed by atoms with van der Waals surface area (Å²) in [5.41, 5.74) is 8.00. The highest BCUT2D eigenvalue weighted by Crippen LogP contribution is 2.21. The average molecular weight is 319 g/mol. The quantitative estimate of drug-likeness (QED) is 0.664. The summed E-state index contributed by atoms with van der Waals surface area (Å²) in [6.07, 6.45) is 0.890. The molecule has 0 bridgehead atoms. The molecular formula is C16H19BrN2. The summed E-state index contributed by atoms with van der Waals surface area (Å²) in [6, 6.07) is 15.0. The van der Waals surface area contributed by atoms with Crippen molar-refractivity contribution in [3.63, 3.8) is 0 Å². The van der Waals surface area contributed by atoms with Gasteiger partial charge in [-0.05, 0) is 43.5 Å². The maximum atomic E-state index is 5.71. The molecule has 2 rings (SSSR count). The SMILES string of the molecule is Cc1cc(C)cc(CC(NN)c2ccc(Br)cc2)c1. The van der Waals surface area contributed by atoms with Crippen LogP contribution in [0.5, 0.6) is 0 Å². The number of hydrazine groups is 1. The minimum absolute atomic E-state index is 0.134. The Morgan fingerprint density at radius 3 is 2.16 bits per heavy atom. The lowest BCUT2D eigenvalue weighted by molar-refractivity contribution is 0.551. The van der Waals surface area contributed by atoms with Gasteiger partial charge in [0.15, 0.2) is 0 Å². The largest absolute Gasteiger partial charge is 0.271 e. The van der Waals surface area contributed by atoms with Gasteiger partial charge in [0, 0.05) is 10.5 Å². The van der Waals surface area contributed by atoms with Gasteiger partial charge in [-0.2, -0.15) is 0 Å². The fourth-order valence-corrected chi connectivity index (χ4v) is 2.65. The van der Waals surface area contributed by atoms with Gasteiger partial charge in [0.2, 0.25) is 0 Å². The van der Waals surface area contributed by atoms with Crippen LogP contribution in [-0.2, 0) is 6.42 Å². The van der Waals surface area contributed by atoms with Crippen molar-refractivity contribution in [3.05, 3.63) is 69.2 Å². The summed E-state index contributed by atoms with van der Waals surface area (Å²) in [4.78, 5) is 0. The Labute approximate surface area is 123 Å². The van der Waals surface area contributed by atoms with Gasteiger partial charge in [0.05, 0.1) is 0 Å². The molecule has 0 aliphatic carbocycles. The number of rotatable bonds is 4. The van der Waals surface area contributed by atoms with Crippen molar-refractivity contribution in [1.82, 2.24) is 5.43 Å². The van der Waals surface area contributed by atoms with Crippen molar-refractivity contribution in [1.29, 1.82) is 0 Å². The molecule has 19 heavy (non-hydrogen) atoms. The molecular weight excluding hydrogens is 300 g/mol. The number of hydrogen-bond acceptors (Lipinski definition) is 2. The molecule has 3 N–H and O–H groups in total. The van der Waals surface area contributed by atoms with E-state index in [9.17, 15) is 0 Å². The van der Waals surface area contributed by atoms with Crippen molar-refractivity contribution in [2.45, 2.75) is 26.3 Å². The highest BCUT2D eigenvalue weighted by atomic mass is 79.9. The van der Waals surface area contributed by atoms with Crippen LogP contribution in [0.1, 0.15) is 28.3 Å². The predicted octanol–water partition coefficient (Wildman–Crippen LogP) is 3.81. The molecule has 2 aromatic carbocycles. The summed E-state index contributed by atoms with van der Waals surface area (Å²) in [7, 11) is 0. The van der Waals surface area contributed by atoms with Gasteiger partial charge in [-0.15, -0.1) is 0 Å². The Hall–Kier alpha value is -1.16. The first kappa shape index (κ1) is 14.3. The molecule has 0 saturated carbocycles. The van der Waals surface area contributed by atoms with E-state index in [1.807, 2.05) is 12.1 Å². The summed E-state index contributed by atoms with van der Waals surface area (Å²) < 4.78 is 1.08. The minimum atomic E-state index is 0.134. The van der Waals surface area contributed by atoms with Crippen LogP contribution in [0.2, 0.25) is 0 Å². The lowest BCUT2D eigenvalue weighted by Gasteiger charge is -2.17. The van der Waals surface area contributed by atoms with Gasteiger partial charge in [0.25, 0.3) is 0 Å². The molecule has 100 valence electrons. The zero-order valence-electron chi connectivity index (χ0n) is 11.3. The lowest BCUT2D eigenvalue weighted by atomic mass is 9.97. The smallest absolute Gasteiger partial charge is 0.0500 e. The highest BCUT2D eigenvalue weighted by Gasteiger charge is 2.10. The Bertz CT molecular complexity index is 529. The molecule has 1 atom stereocenters. The molecule has 0 amide bonds. The number of halogens is 1. The molecule has 0 aliphatic rings. The Morgan fingerprint density at radius 2 is 1.63 bits per heavy atom. The topological polar surface area (TPSA) is 38.0 Å². The second-order valence-corrected chi connectivity index (χ2v) is 5.89. The summed E-state index contributed by atoms with van der Waals surface area (Å²) in [6.45, 7) is 4.25. The van der Waals surface area contributed by atoms with Crippen LogP contribution in [0.3, 0.4) is 0 Å². The van der Waals surface area contributed by atoms with Gasteiger partial charge >= 0.3 is 0 Å². The van der Waals surface area contributed by atoms with Crippen LogP contribution in [-0.4, -0.2) is 0 Å². The fraction of sp³-hybridized carbons (Fsp3) is 0.250. The molecule has 0 aliphatic heterocycles. The van der Waals surface area contributed by atoms with Crippen LogP contribution in [0.15, 0.2) is 46.9 Å². The standard InChI is InChI=1S/C16H19BrN2/c1-11-7-12(2)9-13(8-11)10-16(19-18)14-3-5-15(17)6-4-14/h3-9,16,19H,10,18H2,1-2H3. The van der Waals surface area contributed by atoms with Crippen molar-refractivity contribution in [2.75, 3.05) is 0 Å². The normalized spacial score (nSPS) is 12.4. The van der Waals surface area contributed by atoms with E-state index in [0.717, 1.165) is 10.9 Å². The van der Waals surface area contributed by atoms with Crippen LogP contribution in [0.4, 0.5) is 0 Å². The first-order valence-corrected chi connectivity index (χ1v) is 7.16. The van der Waals surface area contributed by atoms with Crippen molar-refractivity contribution in [3.8, 4) is 0 Å². The van der Waals surface area contributed by atoms with Crippen molar-refractivity contribution >= 4 is 15.9 Å². The van der Waals surface area contributed by atoms with Crippen LogP contribution >= 0.6 is 15.9 Å². The number of hydrogen-bond donors (Lipinski definition) is 2. The van der Waals surface area contributed by atoms with E-state index in [0.29, 0.717) is 0 Å². The summed E-state index contributed by atoms with van der Waals surface area (Å²) in [5, 5.41) is 0. The molecule has 3 heteroatoms. The molecule has 0 aromatic heterocycles. The third-order valence-corrected chi connectivity index (χ3v) is 3.72. The second-order valence-electron chi connectivity index (χ2n) is 4.97. The van der Waals surface area contributed by atoms with E-state index < -0.39 is 0 Å². The molecule has 1 unspecified atom stereocenters. The average Bonchev–Trinajstić information content (AvgIpc) is 2.36. The number of aryl methyl sites for hydroxylation is 2. The predicted molar refractivity (Wildman–Crippen MR) is 83.8 cm³/mol. The molecule has 2 nitrogen and oxygen atoms in total. The first-order valence-electron chi connectivity index (χ1n) is 6.37. The van der Waals surface area contributed by atoms with Crippen LogP contribution in [0.25, 0.3) is 0 Å². The maximum Gasteiger partial charge on any atom is 0.0500 e. The van der Waals surface area contributed by atoms with E-state index in [-0.39, 0.29) is 6.04 Å². The molecule has 0 saturated heterocycles. The monoisotopic (exact) mass is 318 g/mol. The van der Waals surface area contributed by atoms with Crippen LogP contribution < -0.4 is 11.3 Å². The van der Waals surface area contributed by atoms with Crippen molar-refractivity contribution in [2.24, 2.45) is 5.84 Å². The Morgan fingerprint density at radius 1 is 1.05 bits per heavy atom. The van der Waals surface area contributed by atoms with Crippen molar-refractivity contribution < 1.29 is 0 Å². The van der Waals surface area contributed by atoms with E-state index >= 15 is 0 Å². The third kappa shape index (κ3) is 3.90. The molecule has 0 radical (unpaired) electrons. The molecule has 0 heterocycles.